The highest BCUT2D eigenvalue weighted by atomic mass is 16.5. The SMILES string of the molecule is CCOc1cc(N2CCOCC2)c(OCC)cc1NC(=O)CN1C(=O)[C@H]2[C@H](C1=O)[C@H]1C=C[C@H]2C1. The highest BCUT2D eigenvalue weighted by Crippen LogP contribution is 2.52. The number of carbonyl (C=O) groups excluding carboxylic acids is 3. The first-order valence-corrected chi connectivity index (χ1v) is 12.1. The lowest BCUT2D eigenvalue weighted by Crippen LogP contribution is -2.39. The normalized spacial score (nSPS) is 27.4. The zero-order valence-corrected chi connectivity index (χ0v) is 19.6. The van der Waals surface area contributed by atoms with Crippen LogP contribution in [0.15, 0.2) is 24.3 Å². The zero-order valence-electron chi connectivity index (χ0n) is 19.6. The molecule has 9 nitrogen and oxygen atoms in total. The molecule has 3 amide bonds. The third kappa shape index (κ3) is 3.91. The molecule has 0 aromatic heterocycles. The van der Waals surface area contributed by atoms with Crippen molar-refractivity contribution in [1.29, 1.82) is 0 Å². The molecule has 3 fully saturated rings. The number of ether oxygens (including phenoxy) is 3. The highest BCUT2D eigenvalue weighted by Gasteiger charge is 2.59. The average molecular weight is 470 g/mol. The summed E-state index contributed by atoms with van der Waals surface area (Å²) in [7, 11) is 0. The van der Waals surface area contributed by atoms with Crippen LogP contribution >= 0.6 is 0 Å². The molecule has 2 bridgehead atoms. The van der Waals surface area contributed by atoms with Gasteiger partial charge in [0.2, 0.25) is 17.7 Å². The molecule has 2 aliphatic heterocycles. The van der Waals surface area contributed by atoms with Crippen molar-refractivity contribution in [1.82, 2.24) is 4.90 Å². The number of allylic oxidation sites excluding steroid dienone is 2. The van der Waals surface area contributed by atoms with E-state index in [1.54, 1.807) is 6.07 Å². The van der Waals surface area contributed by atoms with Crippen LogP contribution in [0, 0.1) is 23.7 Å². The summed E-state index contributed by atoms with van der Waals surface area (Å²) in [6, 6.07) is 3.62. The number of hydrogen-bond donors (Lipinski definition) is 1. The highest BCUT2D eigenvalue weighted by molar-refractivity contribution is 6.09. The molecule has 9 heteroatoms. The van der Waals surface area contributed by atoms with E-state index in [-0.39, 0.29) is 42.0 Å². The number of carbonyl (C=O) groups is 3. The third-order valence-electron chi connectivity index (χ3n) is 7.15. The number of fused-ring (bicyclic) bond motifs is 5. The van der Waals surface area contributed by atoms with Crippen LogP contribution in [0.25, 0.3) is 0 Å². The number of amides is 3. The van der Waals surface area contributed by atoms with Gasteiger partial charge in [-0.05, 0) is 32.1 Å². The Labute approximate surface area is 199 Å². The van der Waals surface area contributed by atoms with Gasteiger partial charge in [-0.25, -0.2) is 0 Å². The molecule has 0 radical (unpaired) electrons. The van der Waals surface area contributed by atoms with Gasteiger partial charge >= 0.3 is 0 Å². The molecular formula is C25H31N3O6. The molecule has 0 unspecified atom stereocenters. The molecule has 5 rings (SSSR count). The van der Waals surface area contributed by atoms with E-state index in [0.717, 1.165) is 30.1 Å². The first kappa shape index (κ1) is 22.7. The molecule has 1 N–H and O–H groups in total. The summed E-state index contributed by atoms with van der Waals surface area (Å²) in [6.45, 7) is 7.09. The van der Waals surface area contributed by atoms with Crippen molar-refractivity contribution in [3.05, 3.63) is 24.3 Å². The smallest absolute Gasteiger partial charge is 0.244 e. The lowest BCUT2D eigenvalue weighted by molar-refractivity contribution is -0.143. The molecule has 4 aliphatic rings. The quantitative estimate of drug-likeness (QED) is 0.460. The van der Waals surface area contributed by atoms with Gasteiger partial charge in [0, 0.05) is 25.2 Å². The fraction of sp³-hybridized carbons (Fsp3) is 0.560. The number of benzene rings is 1. The van der Waals surface area contributed by atoms with Gasteiger partial charge in [-0.3, -0.25) is 19.3 Å². The van der Waals surface area contributed by atoms with Gasteiger partial charge < -0.3 is 24.4 Å². The number of imide groups is 1. The minimum Gasteiger partial charge on any atom is -0.492 e. The number of hydrogen-bond acceptors (Lipinski definition) is 7. The first-order valence-electron chi connectivity index (χ1n) is 12.1. The maximum Gasteiger partial charge on any atom is 0.244 e. The Morgan fingerprint density at radius 1 is 1.00 bits per heavy atom. The van der Waals surface area contributed by atoms with Crippen LogP contribution in [0.4, 0.5) is 11.4 Å². The number of rotatable bonds is 8. The summed E-state index contributed by atoms with van der Waals surface area (Å²) < 4.78 is 17.2. The number of morpholine rings is 1. The van der Waals surface area contributed by atoms with Crippen molar-refractivity contribution < 1.29 is 28.6 Å². The number of likely N-dealkylation sites (tertiary alicyclic amines) is 1. The molecule has 1 aromatic carbocycles. The van der Waals surface area contributed by atoms with Gasteiger partial charge in [-0.1, -0.05) is 12.2 Å². The van der Waals surface area contributed by atoms with Crippen LogP contribution in [0.3, 0.4) is 0 Å². The Bertz CT molecular complexity index is 988. The Kier molecular flexibility index (Phi) is 6.20. The second kappa shape index (κ2) is 9.29. The van der Waals surface area contributed by atoms with Gasteiger partial charge in [0.15, 0.2) is 0 Å². The number of anilines is 2. The lowest BCUT2D eigenvalue weighted by atomic mass is 9.85. The standard InChI is InChI=1S/C25H31N3O6/c1-3-33-19-13-18(27-7-9-32-10-8-27)20(34-4-2)12-17(19)26-21(29)14-28-24(30)22-15-5-6-16(11-15)23(22)25(28)31/h5-6,12-13,15-16,22-23H,3-4,7-11,14H2,1-2H3,(H,26,29)/t15-,16-,22+,23+/m0/s1. The van der Waals surface area contributed by atoms with E-state index in [1.165, 1.54) is 0 Å². The Morgan fingerprint density at radius 2 is 1.62 bits per heavy atom. The van der Waals surface area contributed by atoms with Gasteiger partial charge in [0.05, 0.1) is 49.6 Å². The van der Waals surface area contributed by atoms with Gasteiger partial charge in [-0.2, -0.15) is 0 Å². The Hall–Kier alpha value is -3.07. The van der Waals surface area contributed by atoms with Crippen LogP contribution in [0.1, 0.15) is 20.3 Å². The molecule has 1 saturated carbocycles. The lowest BCUT2D eigenvalue weighted by Gasteiger charge is -2.31. The summed E-state index contributed by atoms with van der Waals surface area (Å²) in [4.78, 5) is 42.1. The van der Waals surface area contributed by atoms with Crippen molar-refractivity contribution in [3.63, 3.8) is 0 Å². The minimum absolute atomic E-state index is 0.116. The van der Waals surface area contributed by atoms with Crippen molar-refractivity contribution in [2.75, 3.05) is 56.3 Å². The van der Waals surface area contributed by atoms with E-state index >= 15 is 0 Å². The van der Waals surface area contributed by atoms with Crippen LogP contribution < -0.4 is 19.7 Å². The number of nitrogens with zero attached hydrogens (tertiary/aromatic N) is 2. The molecule has 2 aliphatic carbocycles. The largest absolute Gasteiger partial charge is 0.492 e. The van der Waals surface area contributed by atoms with Crippen molar-refractivity contribution in [3.8, 4) is 11.5 Å². The van der Waals surface area contributed by atoms with Gasteiger partial charge in [-0.15, -0.1) is 0 Å². The Morgan fingerprint density at radius 3 is 2.24 bits per heavy atom. The molecule has 34 heavy (non-hydrogen) atoms. The van der Waals surface area contributed by atoms with Crippen LogP contribution in [0.2, 0.25) is 0 Å². The summed E-state index contributed by atoms with van der Waals surface area (Å²) in [5.74, 6) is -0.152. The zero-order chi connectivity index (χ0) is 23.8. The average Bonchev–Trinajstić information content (AvgIpc) is 3.52. The minimum atomic E-state index is -0.440. The second-order valence-corrected chi connectivity index (χ2v) is 9.09. The van der Waals surface area contributed by atoms with Crippen molar-refractivity contribution >= 4 is 29.1 Å². The fourth-order valence-electron chi connectivity index (χ4n) is 5.70. The number of nitrogens with one attached hydrogen (secondary N) is 1. The second-order valence-electron chi connectivity index (χ2n) is 9.09. The van der Waals surface area contributed by atoms with E-state index in [0.29, 0.717) is 43.6 Å². The first-order chi connectivity index (χ1) is 16.5. The van der Waals surface area contributed by atoms with Crippen LogP contribution in [0.5, 0.6) is 11.5 Å². The summed E-state index contributed by atoms with van der Waals surface area (Å²) in [5, 5.41) is 2.85. The van der Waals surface area contributed by atoms with E-state index in [1.807, 2.05) is 32.1 Å². The maximum absolute atomic E-state index is 13.0. The van der Waals surface area contributed by atoms with Crippen LogP contribution in [-0.4, -0.2) is 68.7 Å². The van der Waals surface area contributed by atoms with E-state index < -0.39 is 5.91 Å². The summed E-state index contributed by atoms with van der Waals surface area (Å²) >= 11 is 0. The van der Waals surface area contributed by atoms with Crippen molar-refractivity contribution in [2.24, 2.45) is 23.7 Å². The predicted molar refractivity (Wildman–Crippen MR) is 125 cm³/mol. The summed E-state index contributed by atoms with van der Waals surface area (Å²) in [6.07, 6.45) is 4.95. The molecular weight excluding hydrogens is 438 g/mol. The molecule has 1 aromatic rings. The Balaban J connectivity index is 1.34. The van der Waals surface area contributed by atoms with Crippen LogP contribution in [-0.2, 0) is 19.1 Å². The van der Waals surface area contributed by atoms with E-state index in [9.17, 15) is 14.4 Å². The summed E-state index contributed by atoms with van der Waals surface area (Å²) in [5.41, 5.74) is 1.33. The van der Waals surface area contributed by atoms with Gasteiger partial charge in [0.1, 0.15) is 18.0 Å². The predicted octanol–water partition coefficient (Wildman–Crippen LogP) is 2.07. The van der Waals surface area contributed by atoms with E-state index in [2.05, 4.69) is 10.2 Å². The molecule has 0 spiro atoms. The maximum atomic E-state index is 13.0. The monoisotopic (exact) mass is 469 g/mol. The molecule has 2 heterocycles. The fourth-order valence-corrected chi connectivity index (χ4v) is 5.70. The molecule has 4 atom stereocenters. The molecule has 182 valence electrons. The molecule has 2 saturated heterocycles. The third-order valence-corrected chi connectivity index (χ3v) is 7.15. The van der Waals surface area contributed by atoms with Crippen molar-refractivity contribution in [2.45, 2.75) is 20.3 Å². The topological polar surface area (TPSA) is 97.4 Å². The van der Waals surface area contributed by atoms with E-state index in [4.69, 9.17) is 14.2 Å². The van der Waals surface area contributed by atoms with Gasteiger partial charge in [0.25, 0.3) is 0 Å².